The van der Waals surface area contributed by atoms with Gasteiger partial charge in [-0.25, -0.2) is 0 Å². The van der Waals surface area contributed by atoms with Gasteiger partial charge < -0.3 is 0 Å². The van der Waals surface area contributed by atoms with Crippen LogP contribution in [0, 0.1) is 0 Å². The summed E-state index contributed by atoms with van der Waals surface area (Å²) in [4.78, 5) is 20.8. The number of pyridine rings is 1. The molecule has 0 radical (unpaired) electrons. The fraction of sp³-hybridized carbons (Fsp3) is 0.500. The highest BCUT2D eigenvalue weighted by Gasteiger charge is 2.41. The van der Waals surface area contributed by atoms with E-state index in [9.17, 15) is 4.79 Å². The molecule has 1 amide bonds. The van der Waals surface area contributed by atoms with Gasteiger partial charge in [0.25, 0.3) is 5.91 Å². The third-order valence-electron chi connectivity index (χ3n) is 3.89. The van der Waals surface area contributed by atoms with Crippen LogP contribution in [0.5, 0.6) is 0 Å². The maximum absolute atomic E-state index is 12.1. The van der Waals surface area contributed by atoms with Gasteiger partial charge in [-0.05, 0) is 30.5 Å². The largest absolute Gasteiger partial charge is 0.285 e. The van der Waals surface area contributed by atoms with E-state index in [0.29, 0.717) is 6.42 Å². The van der Waals surface area contributed by atoms with Crippen LogP contribution in [0.25, 0.3) is 0 Å². The first-order valence-corrected chi connectivity index (χ1v) is 6.83. The van der Waals surface area contributed by atoms with Gasteiger partial charge in [-0.2, -0.15) is 0 Å². The SMILES string of the molecule is O=C1NNC(Cc2ccncc2)=NC12CCCCC2. The second-order valence-electron chi connectivity index (χ2n) is 5.26. The minimum Gasteiger partial charge on any atom is -0.285 e. The number of hydrogen-bond donors (Lipinski definition) is 2. The zero-order valence-electron chi connectivity index (χ0n) is 10.9. The number of carbonyl (C=O) groups is 1. The summed E-state index contributed by atoms with van der Waals surface area (Å²) in [5.74, 6) is 0.860. The van der Waals surface area contributed by atoms with E-state index in [-0.39, 0.29) is 5.91 Å². The number of rotatable bonds is 2. The summed E-state index contributed by atoms with van der Waals surface area (Å²) in [5, 5.41) is 0. The van der Waals surface area contributed by atoms with E-state index in [1.807, 2.05) is 12.1 Å². The number of nitrogens with one attached hydrogen (secondary N) is 2. The van der Waals surface area contributed by atoms with Crippen LogP contribution in [0.1, 0.15) is 37.7 Å². The second kappa shape index (κ2) is 4.99. The first kappa shape index (κ1) is 12.1. The highest BCUT2D eigenvalue weighted by atomic mass is 16.2. The summed E-state index contributed by atoms with van der Waals surface area (Å²) in [5.41, 5.74) is 6.32. The van der Waals surface area contributed by atoms with Gasteiger partial charge in [0.2, 0.25) is 0 Å². The first-order valence-electron chi connectivity index (χ1n) is 6.83. The van der Waals surface area contributed by atoms with Crippen molar-refractivity contribution in [1.29, 1.82) is 0 Å². The molecule has 1 aromatic heterocycles. The molecule has 2 N–H and O–H groups in total. The second-order valence-corrected chi connectivity index (χ2v) is 5.26. The topological polar surface area (TPSA) is 66.4 Å². The Labute approximate surface area is 112 Å². The highest BCUT2D eigenvalue weighted by Crippen LogP contribution is 2.33. The molecule has 0 bridgehead atoms. The number of hydrogen-bond acceptors (Lipinski definition) is 4. The molecule has 1 aliphatic carbocycles. The van der Waals surface area contributed by atoms with Gasteiger partial charge in [0, 0.05) is 18.8 Å². The molecule has 0 aromatic carbocycles. The molecular formula is C14H18N4O. The number of aliphatic imine (C=N–C) groups is 1. The Kier molecular flexibility index (Phi) is 3.19. The number of nitrogens with zero attached hydrogens (tertiary/aromatic N) is 2. The average Bonchev–Trinajstić information content (AvgIpc) is 2.45. The van der Waals surface area contributed by atoms with E-state index in [2.05, 4.69) is 15.8 Å². The van der Waals surface area contributed by atoms with Crippen LogP contribution in [0.15, 0.2) is 29.5 Å². The van der Waals surface area contributed by atoms with Gasteiger partial charge in [0.15, 0.2) is 0 Å². The van der Waals surface area contributed by atoms with Crippen molar-refractivity contribution in [1.82, 2.24) is 15.8 Å². The van der Waals surface area contributed by atoms with Crippen molar-refractivity contribution in [2.24, 2.45) is 4.99 Å². The molecule has 0 saturated heterocycles. The number of hydrazine groups is 1. The Morgan fingerprint density at radius 3 is 2.58 bits per heavy atom. The molecule has 0 unspecified atom stereocenters. The lowest BCUT2D eigenvalue weighted by atomic mass is 9.81. The van der Waals surface area contributed by atoms with Crippen LogP contribution >= 0.6 is 0 Å². The normalized spacial score (nSPS) is 21.5. The molecule has 2 aliphatic rings. The predicted molar refractivity (Wildman–Crippen MR) is 72.5 cm³/mol. The summed E-state index contributed by atoms with van der Waals surface area (Å²) in [6.07, 6.45) is 9.34. The van der Waals surface area contributed by atoms with Crippen LogP contribution in [0.2, 0.25) is 0 Å². The van der Waals surface area contributed by atoms with Gasteiger partial charge in [-0.1, -0.05) is 19.3 Å². The number of amidine groups is 1. The minimum atomic E-state index is -0.522. The molecule has 1 aromatic rings. The van der Waals surface area contributed by atoms with Crippen molar-refractivity contribution in [3.8, 4) is 0 Å². The lowest BCUT2D eigenvalue weighted by molar-refractivity contribution is -0.128. The van der Waals surface area contributed by atoms with E-state index in [4.69, 9.17) is 4.99 Å². The van der Waals surface area contributed by atoms with Crippen LogP contribution in [0.4, 0.5) is 0 Å². The Morgan fingerprint density at radius 2 is 1.84 bits per heavy atom. The maximum Gasteiger partial charge on any atom is 0.266 e. The Morgan fingerprint density at radius 1 is 1.11 bits per heavy atom. The van der Waals surface area contributed by atoms with Crippen LogP contribution in [-0.2, 0) is 11.2 Å². The van der Waals surface area contributed by atoms with Gasteiger partial charge in [0.1, 0.15) is 11.4 Å². The van der Waals surface area contributed by atoms with Crippen LogP contribution < -0.4 is 10.9 Å². The standard InChI is InChI=1S/C14H18N4O/c19-13-14(6-2-1-3-7-14)16-12(17-18-13)10-11-4-8-15-9-5-11/h4-5,8-9H,1-3,6-7,10H2,(H,16,17)(H,18,19). The van der Waals surface area contributed by atoms with E-state index < -0.39 is 5.54 Å². The molecule has 3 rings (SSSR count). The smallest absolute Gasteiger partial charge is 0.266 e. The van der Waals surface area contributed by atoms with E-state index >= 15 is 0 Å². The van der Waals surface area contributed by atoms with E-state index in [1.165, 1.54) is 6.42 Å². The van der Waals surface area contributed by atoms with Crippen molar-refractivity contribution >= 4 is 11.7 Å². The van der Waals surface area contributed by atoms with Crippen molar-refractivity contribution in [3.63, 3.8) is 0 Å². The first-order chi connectivity index (χ1) is 9.28. The van der Waals surface area contributed by atoms with Crippen molar-refractivity contribution in [3.05, 3.63) is 30.1 Å². The summed E-state index contributed by atoms with van der Waals surface area (Å²) in [7, 11) is 0. The lowest BCUT2D eigenvalue weighted by Gasteiger charge is -2.36. The molecule has 0 atom stereocenters. The zero-order chi connectivity index (χ0) is 13.1. The third kappa shape index (κ3) is 2.45. The molecule has 1 spiro atoms. The summed E-state index contributed by atoms with van der Waals surface area (Å²) in [6, 6.07) is 3.93. The van der Waals surface area contributed by atoms with Gasteiger partial charge in [0.05, 0.1) is 0 Å². The van der Waals surface area contributed by atoms with E-state index in [1.54, 1.807) is 12.4 Å². The predicted octanol–water partition coefficient (Wildman–Crippen LogP) is 1.36. The summed E-state index contributed by atoms with van der Waals surface area (Å²) < 4.78 is 0. The fourth-order valence-electron chi connectivity index (χ4n) is 2.84. The molecular weight excluding hydrogens is 240 g/mol. The Balaban J connectivity index is 1.82. The zero-order valence-corrected chi connectivity index (χ0v) is 10.9. The van der Waals surface area contributed by atoms with Crippen LogP contribution in [0.3, 0.4) is 0 Å². The van der Waals surface area contributed by atoms with Crippen molar-refractivity contribution < 1.29 is 4.79 Å². The summed E-state index contributed by atoms with van der Waals surface area (Å²) >= 11 is 0. The van der Waals surface area contributed by atoms with Crippen molar-refractivity contribution in [2.75, 3.05) is 0 Å². The number of aromatic nitrogens is 1. The van der Waals surface area contributed by atoms with Gasteiger partial charge in [-0.15, -0.1) is 0 Å². The molecule has 1 fully saturated rings. The quantitative estimate of drug-likeness (QED) is 0.841. The maximum atomic E-state index is 12.1. The van der Waals surface area contributed by atoms with Crippen molar-refractivity contribution in [2.45, 2.75) is 44.1 Å². The minimum absolute atomic E-state index is 0.0191. The van der Waals surface area contributed by atoms with E-state index in [0.717, 1.165) is 37.1 Å². The number of carbonyl (C=O) groups excluding carboxylic acids is 1. The molecule has 5 heteroatoms. The Hall–Kier alpha value is -1.91. The van der Waals surface area contributed by atoms with Gasteiger partial charge >= 0.3 is 0 Å². The molecule has 1 aliphatic heterocycles. The Bertz CT molecular complexity index is 491. The average molecular weight is 258 g/mol. The van der Waals surface area contributed by atoms with Crippen LogP contribution in [-0.4, -0.2) is 22.3 Å². The summed E-state index contributed by atoms with van der Waals surface area (Å²) in [6.45, 7) is 0. The van der Waals surface area contributed by atoms with Gasteiger partial charge in [-0.3, -0.25) is 25.6 Å². The molecule has 19 heavy (non-hydrogen) atoms. The third-order valence-corrected chi connectivity index (χ3v) is 3.89. The molecule has 2 heterocycles. The highest BCUT2D eigenvalue weighted by molar-refractivity contribution is 5.97. The number of amides is 1. The lowest BCUT2D eigenvalue weighted by Crippen LogP contribution is -2.58. The monoisotopic (exact) mass is 258 g/mol. The molecule has 100 valence electrons. The molecule has 5 nitrogen and oxygen atoms in total. The molecule has 1 saturated carbocycles. The fourth-order valence-corrected chi connectivity index (χ4v) is 2.84.